The van der Waals surface area contributed by atoms with E-state index in [1.807, 2.05) is 11.3 Å². The quantitative estimate of drug-likeness (QED) is 0.893. The number of nitrogens with one attached hydrogen (secondary N) is 1. The molecule has 1 aliphatic heterocycles. The van der Waals surface area contributed by atoms with Gasteiger partial charge in [-0.1, -0.05) is 20.8 Å². The summed E-state index contributed by atoms with van der Waals surface area (Å²) < 4.78 is 0. The first-order valence-electron chi connectivity index (χ1n) is 7.48. The number of hydrogen-bond donors (Lipinski definition) is 1. The van der Waals surface area contributed by atoms with Gasteiger partial charge in [0.2, 0.25) is 0 Å². The van der Waals surface area contributed by atoms with Crippen LogP contribution in [-0.4, -0.2) is 24.6 Å². The molecule has 0 saturated carbocycles. The standard InChI is InChI=1S/C15H27N3S/c1-6-16-11(4)14-12(5)17-15(19-14)18-8-7-13(9-18)10(2)3/h10-11,13,16H,6-9H2,1-5H3. The van der Waals surface area contributed by atoms with Crippen LogP contribution in [0, 0.1) is 18.8 Å². The Hall–Kier alpha value is -0.610. The third-order valence-electron chi connectivity index (χ3n) is 4.16. The molecule has 2 unspecified atom stereocenters. The second-order valence-electron chi connectivity index (χ2n) is 5.96. The van der Waals surface area contributed by atoms with Crippen molar-refractivity contribution >= 4 is 16.5 Å². The van der Waals surface area contributed by atoms with Gasteiger partial charge in [-0.05, 0) is 38.6 Å². The number of aromatic nitrogens is 1. The molecule has 0 aliphatic carbocycles. The van der Waals surface area contributed by atoms with Gasteiger partial charge in [0.25, 0.3) is 0 Å². The molecule has 2 rings (SSSR count). The summed E-state index contributed by atoms with van der Waals surface area (Å²) in [5.74, 6) is 1.62. The van der Waals surface area contributed by atoms with Crippen molar-refractivity contribution in [2.45, 2.75) is 47.1 Å². The van der Waals surface area contributed by atoms with E-state index >= 15 is 0 Å². The van der Waals surface area contributed by atoms with E-state index in [2.05, 4.69) is 44.8 Å². The molecule has 1 aliphatic rings. The van der Waals surface area contributed by atoms with Crippen LogP contribution in [0.5, 0.6) is 0 Å². The zero-order valence-electron chi connectivity index (χ0n) is 12.9. The number of thiazole rings is 1. The van der Waals surface area contributed by atoms with Crippen LogP contribution in [0.25, 0.3) is 0 Å². The topological polar surface area (TPSA) is 28.2 Å². The average molecular weight is 281 g/mol. The largest absolute Gasteiger partial charge is 0.348 e. The lowest BCUT2D eigenvalue weighted by atomic mass is 9.95. The first-order valence-corrected chi connectivity index (χ1v) is 8.30. The molecule has 19 heavy (non-hydrogen) atoms. The molecule has 0 radical (unpaired) electrons. The molecule has 1 N–H and O–H groups in total. The Labute approximate surface area is 121 Å². The second-order valence-corrected chi connectivity index (χ2v) is 6.97. The van der Waals surface area contributed by atoms with E-state index in [-0.39, 0.29) is 0 Å². The Morgan fingerprint density at radius 2 is 2.16 bits per heavy atom. The summed E-state index contributed by atoms with van der Waals surface area (Å²) in [6.07, 6.45) is 1.31. The van der Waals surface area contributed by atoms with Gasteiger partial charge < -0.3 is 10.2 Å². The maximum absolute atomic E-state index is 4.79. The molecule has 1 saturated heterocycles. The third kappa shape index (κ3) is 3.29. The van der Waals surface area contributed by atoms with Crippen molar-refractivity contribution in [2.24, 2.45) is 11.8 Å². The normalized spacial score (nSPS) is 21.4. The Balaban J connectivity index is 2.08. The van der Waals surface area contributed by atoms with Crippen LogP contribution >= 0.6 is 11.3 Å². The van der Waals surface area contributed by atoms with Gasteiger partial charge in [-0.3, -0.25) is 0 Å². The number of anilines is 1. The molecular weight excluding hydrogens is 254 g/mol. The van der Waals surface area contributed by atoms with Crippen LogP contribution in [0.4, 0.5) is 5.13 Å². The summed E-state index contributed by atoms with van der Waals surface area (Å²) in [7, 11) is 0. The summed E-state index contributed by atoms with van der Waals surface area (Å²) in [5, 5.41) is 4.71. The van der Waals surface area contributed by atoms with E-state index in [1.54, 1.807) is 0 Å². The number of rotatable bonds is 5. The zero-order valence-corrected chi connectivity index (χ0v) is 13.7. The van der Waals surface area contributed by atoms with E-state index in [1.165, 1.54) is 35.2 Å². The van der Waals surface area contributed by atoms with E-state index < -0.39 is 0 Å². The van der Waals surface area contributed by atoms with E-state index in [4.69, 9.17) is 4.98 Å². The SMILES string of the molecule is CCNC(C)c1sc(N2CCC(C(C)C)C2)nc1C. The molecule has 2 atom stereocenters. The number of nitrogens with zero attached hydrogens (tertiary/aromatic N) is 2. The van der Waals surface area contributed by atoms with Gasteiger partial charge in [0.05, 0.1) is 5.69 Å². The Kier molecular flexibility index (Phi) is 4.85. The maximum atomic E-state index is 4.79. The third-order valence-corrected chi connectivity index (χ3v) is 5.56. The average Bonchev–Trinajstić information content (AvgIpc) is 2.95. The lowest BCUT2D eigenvalue weighted by Crippen LogP contribution is -2.20. The molecule has 1 aromatic heterocycles. The fraction of sp³-hybridized carbons (Fsp3) is 0.800. The molecule has 3 nitrogen and oxygen atoms in total. The van der Waals surface area contributed by atoms with Gasteiger partial charge >= 0.3 is 0 Å². The monoisotopic (exact) mass is 281 g/mol. The molecule has 0 spiro atoms. The number of aryl methyl sites for hydroxylation is 1. The maximum Gasteiger partial charge on any atom is 0.185 e. The van der Waals surface area contributed by atoms with Crippen molar-refractivity contribution in [3.05, 3.63) is 10.6 Å². The van der Waals surface area contributed by atoms with Crippen LogP contribution in [0.1, 0.15) is 50.7 Å². The van der Waals surface area contributed by atoms with Crippen LogP contribution in [0.2, 0.25) is 0 Å². The molecule has 1 fully saturated rings. The molecular formula is C15H27N3S. The van der Waals surface area contributed by atoms with E-state index in [9.17, 15) is 0 Å². The highest BCUT2D eigenvalue weighted by molar-refractivity contribution is 7.15. The van der Waals surface area contributed by atoms with Crippen molar-refractivity contribution in [1.82, 2.24) is 10.3 Å². The van der Waals surface area contributed by atoms with Gasteiger partial charge in [0.1, 0.15) is 0 Å². The summed E-state index contributed by atoms with van der Waals surface area (Å²) in [6, 6.07) is 0.416. The van der Waals surface area contributed by atoms with Gasteiger partial charge in [-0.2, -0.15) is 0 Å². The van der Waals surface area contributed by atoms with Gasteiger partial charge in [0, 0.05) is 24.0 Å². The summed E-state index contributed by atoms with van der Waals surface area (Å²) in [6.45, 7) is 14.5. The molecule has 0 bridgehead atoms. The van der Waals surface area contributed by atoms with Crippen LogP contribution in [0.15, 0.2) is 0 Å². The summed E-state index contributed by atoms with van der Waals surface area (Å²) in [5.41, 5.74) is 1.20. The molecule has 2 heterocycles. The Morgan fingerprint density at radius 3 is 2.74 bits per heavy atom. The van der Waals surface area contributed by atoms with Crippen LogP contribution in [-0.2, 0) is 0 Å². The molecule has 4 heteroatoms. The van der Waals surface area contributed by atoms with Crippen molar-refractivity contribution in [3.63, 3.8) is 0 Å². The minimum absolute atomic E-state index is 0.416. The molecule has 108 valence electrons. The Bertz CT molecular complexity index is 414. The van der Waals surface area contributed by atoms with E-state index in [0.717, 1.165) is 18.4 Å². The molecule has 1 aromatic rings. The summed E-state index contributed by atoms with van der Waals surface area (Å²) >= 11 is 1.87. The first kappa shape index (κ1) is 14.8. The van der Waals surface area contributed by atoms with Crippen molar-refractivity contribution in [2.75, 3.05) is 24.5 Å². The minimum atomic E-state index is 0.416. The van der Waals surface area contributed by atoms with Gasteiger partial charge in [-0.15, -0.1) is 11.3 Å². The zero-order chi connectivity index (χ0) is 14.0. The van der Waals surface area contributed by atoms with Crippen molar-refractivity contribution in [3.8, 4) is 0 Å². The highest BCUT2D eigenvalue weighted by atomic mass is 32.1. The molecule has 0 aromatic carbocycles. The van der Waals surface area contributed by atoms with Crippen molar-refractivity contribution in [1.29, 1.82) is 0 Å². The smallest absolute Gasteiger partial charge is 0.185 e. The summed E-state index contributed by atoms with van der Waals surface area (Å²) in [4.78, 5) is 8.66. The predicted octanol–water partition coefficient (Wildman–Crippen LogP) is 3.60. The lowest BCUT2D eigenvalue weighted by Gasteiger charge is -2.17. The second kappa shape index (κ2) is 6.23. The van der Waals surface area contributed by atoms with Crippen LogP contribution in [0.3, 0.4) is 0 Å². The predicted molar refractivity (Wildman–Crippen MR) is 84.1 cm³/mol. The van der Waals surface area contributed by atoms with Gasteiger partial charge in [0.15, 0.2) is 5.13 Å². The van der Waals surface area contributed by atoms with Crippen molar-refractivity contribution < 1.29 is 0 Å². The fourth-order valence-electron chi connectivity index (χ4n) is 2.83. The number of hydrogen-bond acceptors (Lipinski definition) is 4. The Morgan fingerprint density at radius 1 is 1.42 bits per heavy atom. The van der Waals surface area contributed by atoms with Gasteiger partial charge in [-0.25, -0.2) is 4.98 Å². The highest BCUT2D eigenvalue weighted by Crippen LogP contribution is 2.34. The van der Waals surface area contributed by atoms with E-state index in [0.29, 0.717) is 6.04 Å². The first-order chi connectivity index (χ1) is 9.02. The lowest BCUT2D eigenvalue weighted by molar-refractivity contribution is 0.422. The molecule has 0 amide bonds. The minimum Gasteiger partial charge on any atom is -0.348 e. The highest BCUT2D eigenvalue weighted by Gasteiger charge is 2.27. The van der Waals surface area contributed by atoms with Crippen LogP contribution < -0.4 is 10.2 Å². The fourth-order valence-corrected chi connectivity index (χ4v) is 3.96.